The maximum Gasteiger partial charge on any atom is 0.166 e. The molecule has 0 aliphatic carbocycles. The maximum atomic E-state index is 5.48. The molecule has 0 N–H and O–H groups in total. The van der Waals surface area contributed by atoms with Crippen LogP contribution in [0.15, 0.2) is 212 Å². The summed E-state index contributed by atoms with van der Waals surface area (Å²) in [5.41, 5.74) is 23.9. The first-order valence-corrected chi connectivity index (χ1v) is 25.5. The van der Waals surface area contributed by atoms with Gasteiger partial charge in [0.2, 0.25) is 0 Å². The predicted octanol–water partition coefficient (Wildman–Crippen LogP) is 17.9. The van der Waals surface area contributed by atoms with Gasteiger partial charge >= 0.3 is 0 Å². The molecule has 0 aliphatic rings. The van der Waals surface area contributed by atoms with Crippen LogP contribution in [0.1, 0.15) is 33.4 Å². The Hall–Kier alpha value is -9.19. The van der Waals surface area contributed by atoms with Gasteiger partial charge < -0.3 is 9.13 Å². The van der Waals surface area contributed by atoms with Crippen LogP contribution >= 0.6 is 0 Å². The minimum Gasteiger partial charge on any atom is -0.309 e. The molecule has 0 spiro atoms. The monoisotopic (exact) mass is 951 g/mol. The maximum absolute atomic E-state index is 5.48. The van der Waals surface area contributed by atoms with E-state index in [1.807, 2.05) is 36.4 Å². The Balaban J connectivity index is 1.16. The molecule has 74 heavy (non-hydrogen) atoms. The summed E-state index contributed by atoms with van der Waals surface area (Å²) in [4.78, 5) is 16.1. The van der Waals surface area contributed by atoms with Crippen LogP contribution < -0.4 is 0 Å². The molecule has 0 fully saturated rings. The molecule has 13 rings (SSSR count). The number of benzene rings is 10. The third kappa shape index (κ3) is 7.51. The molecule has 3 heterocycles. The van der Waals surface area contributed by atoms with Crippen molar-refractivity contribution < 1.29 is 0 Å². The van der Waals surface area contributed by atoms with E-state index in [0.717, 1.165) is 61.3 Å². The lowest BCUT2D eigenvalue weighted by Crippen LogP contribution is -2.04. The highest BCUT2D eigenvalue weighted by atomic mass is 15.1. The lowest BCUT2D eigenvalue weighted by molar-refractivity contribution is 1.06. The summed E-state index contributed by atoms with van der Waals surface area (Å²) in [5.74, 6) is 1.81. The van der Waals surface area contributed by atoms with Gasteiger partial charge in [0.15, 0.2) is 17.5 Å². The van der Waals surface area contributed by atoms with Gasteiger partial charge in [0.05, 0.1) is 27.8 Å². The molecule has 5 nitrogen and oxygen atoms in total. The summed E-state index contributed by atoms with van der Waals surface area (Å²) in [6.45, 7) is 13.3. The van der Waals surface area contributed by atoms with Crippen LogP contribution in [0.25, 0.3) is 123 Å². The highest BCUT2D eigenvalue weighted by Crippen LogP contribution is 2.44. The number of fused-ring (bicyclic) bond motifs is 6. The van der Waals surface area contributed by atoms with Gasteiger partial charge in [0.25, 0.3) is 0 Å². The molecule has 5 heteroatoms. The Morgan fingerprint density at radius 1 is 0.297 bits per heavy atom. The topological polar surface area (TPSA) is 48.5 Å². The molecule has 0 radical (unpaired) electrons. The zero-order valence-electron chi connectivity index (χ0n) is 42.4. The summed E-state index contributed by atoms with van der Waals surface area (Å²) in [7, 11) is 0. The van der Waals surface area contributed by atoms with E-state index in [2.05, 4.69) is 227 Å². The number of hydrogen-bond donors (Lipinski definition) is 0. The van der Waals surface area contributed by atoms with Gasteiger partial charge in [-0.1, -0.05) is 181 Å². The van der Waals surface area contributed by atoms with Gasteiger partial charge in [-0.2, -0.15) is 0 Å². The van der Waals surface area contributed by atoms with E-state index >= 15 is 0 Å². The Labute approximate surface area is 431 Å². The quantitative estimate of drug-likeness (QED) is 0.152. The molecule has 354 valence electrons. The van der Waals surface area contributed by atoms with Crippen molar-refractivity contribution in [1.82, 2.24) is 24.1 Å². The number of aromatic nitrogens is 5. The largest absolute Gasteiger partial charge is 0.309 e. The fourth-order valence-electron chi connectivity index (χ4n) is 12.0. The zero-order valence-corrected chi connectivity index (χ0v) is 42.4. The van der Waals surface area contributed by atoms with Gasteiger partial charge in [-0.05, 0) is 134 Å². The van der Waals surface area contributed by atoms with Crippen LogP contribution in [0.2, 0.25) is 0 Å². The molecule has 0 aliphatic heterocycles. The van der Waals surface area contributed by atoms with E-state index in [9.17, 15) is 0 Å². The summed E-state index contributed by atoms with van der Waals surface area (Å²) in [6, 6.07) is 76.9. The minimum atomic E-state index is 0.586. The number of hydrogen-bond acceptors (Lipinski definition) is 3. The van der Waals surface area contributed by atoms with E-state index in [4.69, 9.17) is 15.0 Å². The van der Waals surface area contributed by atoms with Gasteiger partial charge in [-0.25, -0.2) is 15.0 Å². The first-order chi connectivity index (χ1) is 36.2. The second kappa shape index (κ2) is 17.8. The Bertz CT molecular complexity index is 4130. The summed E-state index contributed by atoms with van der Waals surface area (Å²) in [5, 5.41) is 4.74. The molecular formula is C69H53N5. The molecule has 13 aromatic rings. The molecule has 0 bridgehead atoms. The van der Waals surface area contributed by atoms with Crippen molar-refractivity contribution in [2.24, 2.45) is 0 Å². The van der Waals surface area contributed by atoms with Crippen molar-refractivity contribution in [2.75, 3.05) is 0 Å². The van der Waals surface area contributed by atoms with Gasteiger partial charge in [0.1, 0.15) is 0 Å². The van der Waals surface area contributed by atoms with Crippen molar-refractivity contribution in [3.05, 3.63) is 246 Å². The fraction of sp³-hybridized carbons (Fsp3) is 0.0870. The molecule has 10 aromatic carbocycles. The summed E-state index contributed by atoms with van der Waals surface area (Å²) < 4.78 is 4.89. The van der Waals surface area contributed by atoms with Crippen LogP contribution in [0.5, 0.6) is 0 Å². The van der Waals surface area contributed by atoms with Crippen molar-refractivity contribution in [2.45, 2.75) is 41.5 Å². The van der Waals surface area contributed by atoms with Crippen LogP contribution in [-0.4, -0.2) is 24.1 Å². The summed E-state index contributed by atoms with van der Waals surface area (Å²) in [6.07, 6.45) is 0. The smallest absolute Gasteiger partial charge is 0.166 e. The van der Waals surface area contributed by atoms with Crippen molar-refractivity contribution in [3.8, 4) is 78.9 Å². The molecule has 3 aromatic heterocycles. The van der Waals surface area contributed by atoms with Crippen molar-refractivity contribution >= 4 is 43.6 Å². The number of rotatable bonds is 8. The Morgan fingerprint density at radius 2 is 0.757 bits per heavy atom. The van der Waals surface area contributed by atoms with Gasteiger partial charge in [-0.3, -0.25) is 0 Å². The molecular weight excluding hydrogens is 899 g/mol. The van der Waals surface area contributed by atoms with Gasteiger partial charge in [0, 0.05) is 49.5 Å². The van der Waals surface area contributed by atoms with Crippen LogP contribution in [-0.2, 0) is 0 Å². The van der Waals surface area contributed by atoms with Crippen LogP contribution in [0, 0.1) is 41.5 Å². The molecule has 0 atom stereocenters. The SMILES string of the molecule is Cc1cc(C)c(-c2ccc3c4ccc(-c5c(C)cc(C)cc5C)cc4n(-c4ccc(-c5cccc6c7ccccc7n(-c7ccccc7)c56)cc4-c4nc(-c5ccccc5)nc(-c5ccccc5)n4)c3c2)c(C)c1. The standard InChI is InChI=1S/C69H53N5/c1-42-35-44(3)64(45(4)36-42)51-29-32-56-57-33-30-52(65-46(5)37-43(2)38-47(65)6)41-63(57)74(62(56)40-51)61-34-31-50(54-26-18-27-58-55-25-16-17-28-60(55)73(66(54)58)53-23-14-9-15-24-53)39-59(61)69-71-67(48-19-10-7-11-20-48)70-68(72-69)49-21-12-8-13-22-49/h7-41H,1-6H3. The van der Waals surface area contributed by atoms with Gasteiger partial charge in [-0.15, -0.1) is 0 Å². The molecule has 0 saturated heterocycles. The highest BCUT2D eigenvalue weighted by Gasteiger charge is 2.24. The number of nitrogens with zero attached hydrogens (tertiary/aromatic N) is 5. The average Bonchev–Trinajstić information content (AvgIpc) is 3.93. The zero-order chi connectivity index (χ0) is 50.2. The van der Waals surface area contributed by atoms with E-state index < -0.39 is 0 Å². The number of aryl methyl sites for hydroxylation is 6. The lowest BCUT2D eigenvalue weighted by atomic mass is 9.92. The average molecular weight is 952 g/mol. The molecule has 0 saturated carbocycles. The van der Waals surface area contributed by atoms with E-state index in [-0.39, 0.29) is 0 Å². The van der Waals surface area contributed by atoms with E-state index in [1.165, 1.54) is 77.2 Å². The number of para-hydroxylation sites is 3. The first kappa shape index (κ1) is 44.7. The highest BCUT2D eigenvalue weighted by molar-refractivity contribution is 6.15. The summed E-state index contributed by atoms with van der Waals surface area (Å²) >= 11 is 0. The third-order valence-corrected chi connectivity index (χ3v) is 14.9. The Kier molecular flexibility index (Phi) is 10.8. The molecule has 0 unspecified atom stereocenters. The van der Waals surface area contributed by atoms with Crippen molar-refractivity contribution in [1.29, 1.82) is 0 Å². The fourth-order valence-corrected chi connectivity index (χ4v) is 12.0. The van der Waals surface area contributed by atoms with Crippen molar-refractivity contribution in [3.63, 3.8) is 0 Å². The second-order valence-electron chi connectivity index (χ2n) is 20.0. The molecule has 0 amide bonds. The normalized spacial score (nSPS) is 11.6. The van der Waals surface area contributed by atoms with E-state index in [1.54, 1.807) is 0 Å². The minimum absolute atomic E-state index is 0.586. The Morgan fingerprint density at radius 3 is 1.31 bits per heavy atom. The van der Waals surface area contributed by atoms with E-state index in [0.29, 0.717) is 17.5 Å². The van der Waals surface area contributed by atoms with Crippen LogP contribution in [0.4, 0.5) is 0 Å². The van der Waals surface area contributed by atoms with Crippen LogP contribution in [0.3, 0.4) is 0 Å². The third-order valence-electron chi connectivity index (χ3n) is 14.9. The second-order valence-corrected chi connectivity index (χ2v) is 20.0. The lowest BCUT2D eigenvalue weighted by Gasteiger charge is -2.18. The first-order valence-electron chi connectivity index (χ1n) is 25.5. The predicted molar refractivity (Wildman–Crippen MR) is 310 cm³/mol.